The second-order valence-electron chi connectivity index (χ2n) is 4.38. The maximum absolute atomic E-state index is 5.86. The van der Waals surface area contributed by atoms with Gasteiger partial charge in [0.05, 0.1) is 12.2 Å². The van der Waals surface area contributed by atoms with E-state index in [1.54, 1.807) is 0 Å². The molecular weight excluding hydrogens is 290 g/mol. The maximum Gasteiger partial charge on any atom is 0.0663 e. The Labute approximate surface area is 116 Å². The molecule has 18 heavy (non-hydrogen) atoms. The Kier molecular flexibility index (Phi) is 4.07. The summed E-state index contributed by atoms with van der Waals surface area (Å²) < 4.78 is 3.08. The van der Waals surface area contributed by atoms with Crippen molar-refractivity contribution < 1.29 is 0 Å². The van der Waals surface area contributed by atoms with E-state index >= 15 is 0 Å². The van der Waals surface area contributed by atoms with Crippen LogP contribution in [0.4, 0.5) is 5.69 Å². The van der Waals surface area contributed by atoms with E-state index in [1.807, 2.05) is 12.1 Å². The van der Waals surface area contributed by atoms with Gasteiger partial charge in [-0.15, -0.1) is 0 Å². The van der Waals surface area contributed by atoms with E-state index in [2.05, 4.69) is 51.7 Å². The fraction of sp³-hybridized carbons (Fsp3) is 0.357. The molecular formula is C14H18BrN3. The fourth-order valence-corrected chi connectivity index (χ4v) is 2.61. The number of anilines is 1. The zero-order chi connectivity index (χ0) is 13.1. The van der Waals surface area contributed by atoms with Crippen molar-refractivity contribution in [3.05, 3.63) is 45.7 Å². The van der Waals surface area contributed by atoms with Gasteiger partial charge in [-0.2, -0.15) is 5.10 Å². The summed E-state index contributed by atoms with van der Waals surface area (Å²) in [6, 6.07) is 8.17. The zero-order valence-electron chi connectivity index (χ0n) is 10.8. The Morgan fingerprint density at radius 3 is 2.56 bits per heavy atom. The topological polar surface area (TPSA) is 43.8 Å². The number of aryl methyl sites for hydroxylation is 2. The first-order valence-electron chi connectivity index (χ1n) is 6.23. The molecule has 3 nitrogen and oxygen atoms in total. The van der Waals surface area contributed by atoms with Crippen LogP contribution in [0, 0.1) is 0 Å². The molecule has 0 saturated carbocycles. The number of hydrogen-bond donors (Lipinski definition) is 1. The van der Waals surface area contributed by atoms with Gasteiger partial charge >= 0.3 is 0 Å². The molecule has 2 rings (SSSR count). The Morgan fingerprint density at radius 1 is 1.17 bits per heavy atom. The van der Waals surface area contributed by atoms with E-state index in [0.29, 0.717) is 0 Å². The number of nitrogens with zero attached hydrogens (tertiary/aromatic N) is 2. The number of nitrogen functional groups attached to an aromatic ring is 1. The highest BCUT2D eigenvalue weighted by Gasteiger charge is 2.06. The average molecular weight is 308 g/mol. The third-order valence-electron chi connectivity index (χ3n) is 2.95. The van der Waals surface area contributed by atoms with Crippen LogP contribution < -0.4 is 5.73 Å². The minimum absolute atomic E-state index is 0.771. The van der Waals surface area contributed by atoms with E-state index < -0.39 is 0 Å². The molecule has 0 amide bonds. The highest BCUT2D eigenvalue weighted by atomic mass is 79.9. The largest absolute Gasteiger partial charge is 0.399 e. The van der Waals surface area contributed by atoms with Gasteiger partial charge in [-0.3, -0.25) is 4.68 Å². The molecule has 0 atom stereocenters. The summed E-state index contributed by atoms with van der Waals surface area (Å²) in [5.41, 5.74) is 10.2. The van der Waals surface area contributed by atoms with Crippen LogP contribution in [0.1, 0.15) is 30.8 Å². The number of rotatable bonds is 4. The van der Waals surface area contributed by atoms with E-state index in [1.165, 1.54) is 11.3 Å². The molecule has 0 fully saturated rings. The molecule has 0 aliphatic heterocycles. The van der Waals surface area contributed by atoms with Crippen molar-refractivity contribution >= 4 is 21.6 Å². The van der Waals surface area contributed by atoms with Crippen molar-refractivity contribution in [1.82, 2.24) is 9.78 Å². The van der Waals surface area contributed by atoms with Gasteiger partial charge in [-0.1, -0.05) is 29.8 Å². The lowest BCUT2D eigenvalue weighted by Gasteiger charge is -2.07. The van der Waals surface area contributed by atoms with Crippen LogP contribution in [0.2, 0.25) is 0 Å². The van der Waals surface area contributed by atoms with Crippen LogP contribution in [-0.2, 0) is 19.4 Å². The van der Waals surface area contributed by atoms with Gasteiger partial charge in [-0.25, -0.2) is 0 Å². The minimum atomic E-state index is 0.771. The molecule has 1 aromatic heterocycles. The lowest BCUT2D eigenvalue weighted by Crippen LogP contribution is -2.06. The van der Waals surface area contributed by atoms with Gasteiger partial charge in [0.1, 0.15) is 0 Å². The average Bonchev–Trinajstić information content (AvgIpc) is 2.70. The number of hydrogen-bond acceptors (Lipinski definition) is 2. The van der Waals surface area contributed by atoms with Crippen LogP contribution in [0.25, 0.3) is 0 Å². The normalized spacial score (nSPS) is 10.8. The van der Waals surface area contributed by atoms with Crippen molar-refractivity contribution in [3.8, 4) is 0 Å². The summed E-state index contributed by atoms with van der Waals surface area (Å²) in [5.74, 6) is 0. The van der Waals surface area contributed by atoms with Gasteiger partial charge < -0.3 is 5.73 Å². The highest BCUT2D eigenvalue weighted by molar-refractivity contribution is 9.10. The Hall–Kier alpha value is -1.29. The maximum atomic E-state index is 5.86. The predicted molar refractivity (Wildman–Crippen MR) is 78.6 cm³/mol. The molecule has 96 valence electrons. The number of benzene rings is 1. The molecule has 2 aromatic rings. The van der Waals surface area contributed by atoms with Gasteiger partial charge in [-0.05, 0) is 42.7 Å². The Bertz CT molecular complexity index is 526. The zero-order valence-corrected chi connectivity index (χ0v) is 12.4. The van der Waals surface area contributed by atoms with E-state index in [0.717, 1.165) is 35.2 Å². The molecule has 0 aliphatic carbocycles. The van der Waals surface area contributed by atoms with Crippen LogP contribution >= 0.6 is 15.9 Å². The molecule has 1 aromatic carbocycles. The third-order valence-corrected chi connectivity index (χ3v) is 3.41. The standard InChI is InChI=1S/C14H18BrN3/c1-3-13-8-14(4-2)18(17-13)9-10-5-11(15)7-12(16)6-10/h5-8H,3-4,9,16H2,1-2H3. The van der Waals surface area contributed by atoms with E-state index in [4.69, 9.17) is 5.73 Å². The van der Waals surface area contributed by atoms with E-state index in [-0.39, 0.29) is 0 Å². The molecule has 0 radical (unpaired) electrons. The summed E-state index contributed by atoms with van der Waals surface area (Å²) in [7, 11) is 0. The quantitative estimate of drug-likeness (QED) is 0.880. The molecule has 0 unspecified atom stereocenters. The SMILES string of the molecule is CCc1cc(CC)n(Cc2cc(N)cc(Br)c2)n1. The lowest BCUT2D eigenvalue weighted by molar-refractivity contribution is 0.640. The van der Waals surface area contributed by atoms with Crippen molar-refractivity contribution in [2.45, 2.75) is 33.2 Å². The molecule has 0 aliphatic rings. The van der Waals surface area contributed by atoms with Gasteiger partial charge in [0.2, 0.25) is 0 Å². The van der Waals surface area contributed by atoms with Crippen molar-refractivity contribution in [2.24, 2.45) is 0 Å². The van der Waals surface area contributed by atoms with Crippen LogP contribution in [0.15, 0.2) is 28.7 Å². The Balaban J connectivity index is 2.29. The minimum Gasteiger partial charge on any atom is -0.399 e. The summed E-state index contributed by atoms with van der Waals surface area (Å²) in [6.45, 7) is 5.05. The summed E-state index contributed by atoms with van der Waals surface area (Å²) >= 11 is 3.47. The number of nitrogens with two attached hydrogens (primary N) is 1. The Morgan fingerprint density at radius 2 is 1.94 bits per heavy atom. The molecule has 0 bridgehead atoms. The second-order valence-corrected chi connectivity index (χ2v) is 5.30. The van der Waals surface area contributed by atoms with Crippen LogP contribution in [0.5, 0.6) is 0 Å². The van der Waals surface area contributed by atoms with Gasteiger partial charge in [0.25, 0.3) is 0 Å². The molecule has 0 saturated heterocycles. The summed E-state index contributed by atoms with van der Waals surface area (Å²) in [4.78, 5) is 0. The molecule has 0 spiro atoms. The fourth-order valence-electron chi connectivity index (χ4n) is 2.05. The first-order chi connectivity index (χ1) is 8.62. The van der Waals surface area contributed by atoms with Gasteiger partial charge in [0.15, 0.2) is 0 Å². The summed E-state index contributed by atoms with van der Waals surface area (Å²) in [6.07, 6.45) is 1.97. The predicted octanol–water partition coefficient (Wildman–Crippen LogP) is 3.40. The van der Waals surface area contributed by atoms with Gasteiger partial charge in [0, 0.05) is 15.9 Å². The molecule has 4 heteroatoms. The van der Waals surface area contributed by atoms with Crippen LogP contribution in [-0.4, -0.2) is 9.78 Å². The molecule has 1 heterocycles. The lowest BCUT2D eigenvalue weighted by atomic mass is 10.2. The van der Waals surface area contributed by atoms with E-state index in [9.17, 15) is 0 Å². The monoisotopic (exact) mass is 307 g/mol. The van der Waals surface area contributed by atoms with Crippen LogP contribution in [0.3, 0.4) is 0 Å². The first-order valence-corrected chi connectivity index (χ1v) is 7.02. The second kappa shape index (κ2) is 5.57. The third kappa shape index (κ3) is 2.93. The molecule has 2 N–H and O–H groups in total. The number of aromatic nitrogens is 2. The summed E-state index contributed by atoms with van der Waals surface area (Å²) in [5, 5.41) is 4.61. The smallest absolute Gasteiger partial charge is 0.0663 e. The van der Waals surface area contributed by atoms with Crippen molar-refractivity contribution in [2.75, 3.05) is 5.73 Å². The number of halogens is 1. The van der Waals surface area contributed by atoms with Crippen molar-refractivity contribution in [1.29, 1.82) is 0 Å². The first kappa shape index (κ1) is 13.1. The van der Waals surface area contributed by atoms with Crippen molar-refractivity contribution in [3.63, 3.8) is 0 Å². The highest BCUT2D eigenvalue weighted by Crippen LogP contribution is 2.19.